The van der Waals surface area contributed by atoms with Gasteiger partial charge in [-0.25, -0.2) is 4.98 Å². The van der Waals surface area contributed by atoms with Gasteiger partial charge in [-0.3, -0.25) is 13.7 Å². The van der Waals surface area contributed by atoms with Gasteiger partial charge in [0.05, 0.1) is 22.4 Å². The molecular weight excluding hydrogens is 829 g/mol. The fraction of sp³-hybridized carbons (Fsp3) is 0.206. The lowest BCUT2D eigenvalue weighted by Gasteiger charge is -2.32. The Labute approximate surface area is 402 Å². The SMILES string of the molecule is CC(C)(C)c1ccnc(-n2c3ccccc3c3c(C(C)(C)c4ccccc4)cc(Oc4cccc(-n5[c-][n+](-c6cc(C(C)(C)c7ccccc7)cc(C(C)(C)c7ccccc7)c6)cc5)c4)cc32)c1. The van der Waals surface area contributed by atoms with E-state index < -0.39 is 0 Å². The normalized spacial score (nSPS) is 12.5. The van der Waals surface area contributed by atoms with Crippen LogP contribution in [0.4, 0.5) is 0 Å². The van der Waals surface area contributed by atoms with Crippen LogP contribution >= 0.6 is 0 Å². The zero-order chi connectivity index (χ0) is 47.4. The van der Waals surface area contributed by atoms with Crippen molar-refractivity contribution in [1.29, 1.82) is 0 Å². The van der Waals surface area contributed by atoms with Gasteiger partial charge in [0.15, 0.2) is 0 Å². The van der Waals surface area contributed by atoms with Gasteiger partial charge < -0.3 is 4.74 Å². The van der Waals surface area contributed by atoms with E-state index >= 15 is 0 Å². The Morgan fingerprint density at radius 3 is 1.69 bits per heavy atom. The van der Waals surface area contributed by atoms with Gasteiger partial charge in [-0.05, 0) is 99.0 Å². The van der Waals surface area contributed by atoms with Crippen molar-refractivity contribution in [2.45, 2.75) is 84.0 Å². The van der Waals surface area contributed by atoms with Gasteiger partial charge in [0.2, 0.25) is 0 Å². The van der Waals surface area contributed by atoms with Crippen molar-refractivity contribution in [1.82, 2.24) is 14.1 Å². The third-order valence-corrected chi connectivity index (χ3v) is 14.3. The number of benzene rings is 7. The first kappa shape index (κ1) is 44.3. The minimum absolute atomic E-state index is 0.0435. The van der Waals surface area contributed by atoms with Crippen molar-refractivity contribution in [3.05, 3.63) is 246 Å². The van der Waals surface area contributed by atoms with Gasteiger partial charge in [0, 0.05) is 51.7 Å². The molecule has 0 saturated carbocycles. The van der Waals surface area contributed by atoms with E-state index in [-0.39, 0.29) is 21.7 Å². The van der Waals surface area contributed by atoms with Crippen LogP contribution in [0.25, 0.3) is 39.0 Å². The number of hydrogen-bond acceptors (Lipinski definition) is 2. The fourth-order valence-corrected chi connectivity index (χ4v) is 9.84. The zero-order valence-electron chi connectivity index (χ0n) is 40.7. The second-order valence-corrected chi connectivity index (χ2v) is 20.8. The molecule has 5 nitrogen and oxygen atoms in total. The summed E-state index contributed by atoms with van der Waals surface area (Å²) in [6, 6.07) is 65.2. The lowest BCUT2D eigenvalue weighted by atomic mass is 9.73. The Kier molecular flexibility index (Phi) is 11.1. The number of imidazole rings is 1. The van der Waals surface area contributed by atoms with Crippen LogP contribution < -0.4 is 9.30 Å². The van der Waals surface area contributed by atoms with Crippen molar-refractivity contribution >= 4 is 21.8 Å². The first-order valence-corrected chi connectivity index (χ1v) is 23.8. The van der Waals surface area contributed by atoms with E-state index in [1.807, 2.05) is 16.8 Å². The van der Waals surface area contributed by atoms with Gasteiger partial charge >= 0.3 is 0 Å². The molecule has 0 unspecified atom stereocenters. The van der Waals surface area contributed by atoms with Gasteiger partial charge in [0.1, 0.15) is 17.3 Å². The Balaban J connectivity index is 1.07. The first-order valence-electron chi connectivity index (χ1n) is 23.8. The molecule has 0 bridgehead atoms. The highest BCUT2D eigenvalue weighted by atomic mass is 16.5. The highest BCUT2D eigenvalue weighted by Gasteiger charge is 2.31. The summed E-state index contributed by atoms with van der Waals surface area (Å²) in [5.41, 5.74) is 11.9. The van der Waals surface area contributed by atoms with Crippen molar-refractivity contribution in [3.63, 3.8) is 0 Å². The lowest BCUT2D eigenvalue weighted by Crippen LogP contribution is -2.31. The Hall–Kier alpha value is -7.50. The predicted octanol–water partition coefficient (Wildman–Crippen LogP) is 15.1. The number of nitrogens with zero attached hydrogens (tertiary/aromatic N) is 4. The van der Waals surface area contributed by atoms with Crippen LogP contribution in [0, 0.1) is 6.33 Å². The average Bonchev–Trinajstić information content (AvgIpc) is 3.98. The van der Waals surface area contributed by atoms with E-state index in [0.717, 1.165) is 39.7 Å². The summed E-state index contributed by atoms with van der Waals surface area (Å²) in [5, 5.41) is 2.37. The van der Waals surface area contributed by atoms with E-state index in [9.17, 15) is 0 Å². The van der Waals surface area contributed by atoms with E-state index in [1.165, 1.54) is 49.7 Å². The Morgan fingerprint density at radius 2 is 1.07 bits per heavy atom. The summed E-state index contributed by atoms with van der Waals surface area (Å²) >= 11 is 0. The molecule has 0 aliphatic carbocycles. The summed E-state index contributed by atoms with van der Waals surface area (Å²) < 4.78 is 13.5. The lowest BCUT2D eigenvalue weighted by molar-refractivity contribution is -0.599. The standard InChI is InChI=1S/C63H60N4O/c1-60(2,3)47-32-33-64-58(39-47)67-56-31-20-19-30-54(56)59-55(63(8,9)46-26-17-12-18-27-46)41-53(42-57(59)67)68-52-29-21-28-50(40-52)65-34-35-66(43-65)51-37-48(61(4,5)44-22-13-10-14-23-44)36-49(38-51)62(6,7)45-24-15-11-16-25-45/h10-42H,1-9H3. The summed E-state index contributed by atoms with van der Waals surface area (Å²) in [5.74, 6) is 2.36. The van der Waals surface area contributed by atoms with E-state index in [1.54, 1.807) is 0 Å². The summed E-state index contributed by atoms with van der Waals surface area (Å²) in [7, 11) is 0. The number of rotatable bonds is 11. The molecule has 0 amide bonds. The first-order chi connectivity index (χ1) is 32.6. The molecule has 68 heavy (non-hydrogen) atoms. The summed E-state index contributed by atoms with van der Waals surface area (Å²) in [4.78, 5) is 5.00. The second kappa shape index (κ2) is 17.0. The molecule has 0 spiro atoms. The van der Waals surface area contributed by atoms with Crippen molar-refractivity contribution in [3.8, 4) is 28.7 Å². The zero-order valence-corrected chi connectivity index (χ0v) is 40.7. The smallest absolute Gasteiger partial charge is 0.268 e. The maximum absolute atomic E-state index is 7.00. The average molecular weight is 889 g/mol. The molecule has 7 aromatic carbocycles. The molecule has 3 heterocycles. The van der Waals surface area contributed by atoms with E-state index in [4.69, 9.17) is 9.72 Å². The molecule has 5 heteroatoms. The highest BCUT2D eigenvalue weighted by Crippen LogP contribution is 2.45. The monoisotopic (exact) mass is 888 g/mol. The van der Waals surface area contributed by atoms with E-state index in [0.29, 0.717) is 0 Å². The molecular formula is C63H60N4O. The van der Waals surface area contributed by atoms with Gasteiger partial charge in [-0.2, -0.15) is 0 Å². The molecule has 0 aliphatic heterocycles. The van der Waals surface area contributed by atoms with Crippen molar-refractivity contribution < 1.29 is 9.30 Å². The van der Waals surface area contributed by atoms with Crippen LogP contribution in [0.5, 0.6) is 11.5 Å². The van der Waals surface area contributed by atoms with Gasteiger partial charge in [-0.1, -0.05) is 184 Å². The Bertz CT molecular complexity index is 3350. The van der Waals surface area contributed by atoms with Crippen molar-refractivity contribution in [2.75, 3.05) is 0 Å². The highest BCUT2D eigenvalue weighted by molar-refractivity contribution is 6.11. The minimum atomic E-state index is -0.367. The Morgan fingerprint density at radius 1 is 0.485 bits per heavy atom. The molecule has 0 aliphatic rings. The number of pyridine rings is 1. The van der Waals surface area contributed by atoms with Crippen LogP contribution in [-0.2, 0) is 21.7 Å². The predicted molar refractivity (Wildman–Crippen MR) is 279 cm³/mol. The number of para-hydroxylation sites is 1. The van der Waals surface area contributed by atoms with Crippen LogP contribution in [-0.4, -0.2) is 14.1 Å². The van der Waals surface area contributed by atoms with Gasteiger partial charge in [-0.15, -0.1) is 0 Å². The third kappa shape index (κ3) is 8.10. The molecule has 10 rings (SSSR count). The van der Waals surface area contributed by atoms with Crippen LogP contribution in [0.1, 0.15) is 101 Å². The minimum Gasteiger partial charge on any atom is -0.458 e. The fourth-order valence-electron chi connectivity index (χ4n) is 9.84. The molecule has 0 N–H and O–H groups in total. The largest absolute Gasteiger partial charge is 0.458 e. The maximum Gasteiger partial charge on any atom is 0.268 e. The number of hydrogen-bond donors (Lipinski definition) is 0. The number of aromatic nitrogens is 4. The molecule has 338 valence electrons. The summed E-state index contributed by atoms with van der Waals surface area (Å²) in [6.45, 7) is 20.6. The molecule has 0 saturated heterocycles. The summed E-state index contributed by atoms with van der Waals surface area (Å²) in [6.07, 6.45) is 9.77. The van der Waals surface area contributed by atoms with Crippen LogP contribution in [0.2, 0.25) is 0 Å². The van der Waals surface area contributed by atoms with Gasteiger partial charge in [0.25, 0.3) is 6.33 Å². The topological polar surface area (TPSA) is 35.9 Å². The second-order valence-electron chi connectivity index (χ2n) is 20.8. The molecule has 0 atom stereocenters. The van der Waals surface area contributed by atoms with Crippen LogP contribution in [0.3, 0.4) is 0 Å². The maximum atomic E-state index is 7.00. The molecule has 0 radical (unpaired) electrons. The molecule has 3 aromatic heterocycles. The number of ether oxygens (including phenoxy) is 1. The van der Waals surface area contributed by atoms with Crippen LogP contribution in [0.15, 0.2) is 201 Å². The number of fused-ring (bicyclic) bond motifs is 3. The molecule has 0 fully saturated rings. The van der Waals surface area contributed by atoms with Crippen molar-refractivity contribution in [2.24, 2.45) is 0 Å². The quantitative estimate of drug-likeness (QED) is 0.0958. The third-order valence-electron chi connectivity index (χ3n) is 14.3. The van der Waals surface area contributed by atoms with E-state index in [2.05, 4.69) is 266 Å². The molecule has 10 aromatic rings.